The fourth-order valence-electron chi connectivity index (χ4n) is 1.48. The third kappa shape index (κ3) is 2.65. The van der Waals surface area contributed by atoms with E-state index in [0.29, 0.717) is 6.04 Å². The standard InChI is InChI=1S/C8H12BrN3S/c9-7-5-13-8(12-7)11-4-6-2-1-3-10-6/h5-6,10H,1-4H2,(H,11,12). The summed E-state index contributed by atoms with van der Waals surface area (Å²) in [5.41, 5.74) is 0. The van der Waals surface area contributed by atoms with Crippen LogP contribution in [0.25, 0.3) is 0 Å². The third-order valence-electron chi connectivity index (χ3n) is 2.14. The molecule has 0 aromatic carbocycles. The average molecular weight is 262 g/mol. The maximum atomic E-state index is 4.27. The Morgan fingerprint density at radius 2 is 2.69 bits per heavy atom. The Morgan fingerprint density at radius 3 is 3.31 bits per heavy atom. The third-order valence-corrected chi connectivity index (χ3v) is 3.65. The quantitative estimate of drug-likeness (QED) is 0.875. The molecule has 0 amide bonds. The average Bonchev–Trinajstić information content (AvgIpc) is 2.71. The number of aromatic nitrogens is 1. The van der Waals surface area contributed by atoms with Gasteiger partial charge in [0.2, 0.25) is 0 Å². The van der Waals surface area contributed by atoms with Crippen molar-refractivity contribution >= 4 is 32.4 Å². The highest BCUT2D eigenvalue weighted by Crippen LogP contribution is 2.19. The summed E-state index contributed by atoms with van der Waals surface area (Å²) in [7, 11) is 0. The van der Waals surface area contributed by atoms with Crippen LogP contribution in [0.15, 0.2) is 9.98 Å². The number of rotatable bonds is 3. The van der Waals surface area contributed by atoms with Gasteiger partial charge in [-0.1, -0.05) is 0 Å². The summed E-state index contributed by atoms with van der Waals surface area (Å²) in [6.07, 6.45) is 2.58. The molecule has 0 saturated carbocycles. The van der Waals surface area contributed by atoms with Crippen LogP contribution in [-0.4, -0.2) is 24.1 Å². The van der Waals surface area contributed by atoms with Gasteiger partial charge in [0.1, 0.15) is 4.60 Å². The zero-order valence-corrected chi connectivity index (χ0v) is 9.62. The van der Waals surface area contributed by atoms with Crippen molar-refractivity contribution in [1.29, 1.82) is 0 Å². The van der Waals surface area contributed by atoms with Crippen molar-refractivity contribution in [2.75, 3.05) is 18.4 Å². The molecule has 1 unspecified atom stereocenters. The molecule has 72 valence electrons. The molecule has 1 aliphatic rings. The van der Waals surface area contributed by atoms with Crippen molar-refractivity contribution in [2.24, 2.45) is 0 Å². The molecule has 1 aromatic rings. The number of nitrogens with one attached hydrogen (secondary N) is 2. The van der Waals surface area contributed by atoms with E-state index in [2.05, 4.69) is 31.5 Å². The van der Waals surface area contributed by atoms with Gasteiger partial charge >= 0.3 is 0 Å². The maximum absolute atomic E-state index is 4.27. The number of hydrogen-bond acceptors (Lipinski definition) is 4. The molecular formula is C8H12BrN3S. The van der Waals surface area contributed by atoms with Gasteiger partial charge in [0.15, 0.2) is 5.13 Å². The van der Waals surface area contributed by atoms with Crippen LogP contribution in [0.2, 0.25) is 0 Å². The topological polar surface area (TPSA) is 37.0 Å². The predicted octanol–water partition coefficient (Wildman–Crippen LogP) is 2.07. The minimum atomic E-state index is 0.627. The van der Waals surface area contributed by atoms with Gasteiger partial charge in [0.25, 0.3) is 0 Å². The molecular weight excluding hydrogens is 250 g/mol. The number of nitrogens with zero attached hydrogens (tertiary/aromatic N) is 1. The van der Waals surface area contributed by atoms with Gasteiger partial charge in [0, 0.05) is 18.0 Å². The zero-order valence-electron chi connectivity index (χ0n) is 7.22. The SMILES string of the molecule is Brc1csc(NCC2CCCN2)n1. The Labute approximate surface area is 90.1 Å². The molecule has 2 N–H and O–H groups in total. The molecule has 0 radical (unpaired) electrons. The summed E-state index contributed by atoms with van der Waals surface area (Å²) < 4.78 is 0.916. The van der Waals surface area contributed by atoms with Crippen molar-refractivity contribution in [3.05, 3.63) is 9.98 Å². The Kier molecular flexibility index (Phi) is 3.18. The van der Waals surface area contributed by atoms with Gasteiger partial charge in [-0.15, -0.1) is 11.3 Å². The van der Waals surface area contributed by atoms with E-state index in [0.717, 1.165) is 22.8 Å². The van der Waals surface area contributed by atoms with Gasteiger partial charge in [0.05, 0.1) is 0 Å². The second-order valence-electron chi connectivity index (χ2n) is 3.15. The maximum Gasteiger partial charge on any atom is 0.183 e. The van der Waals surface area contributed by atoms with Crippen LogP contribution in [-0.2, 0) is 0 Å². The van der Waals surface area contributed by atoms with Crippen LogP contribution in [0.1, 0.15) is 12.8 Å². The minimum absolute atomic E-state index is 0.627. The molecule has 5 heteroatoms. The number of halogens is 1. The lowest BCUT2D eigenvalue weighted by molar-refractivity contribution is 0.633. The van der Waals surface area contributed by atoms with E-state index in [1.165, 1.54) is 12.8 Å². The van der Waals surface area contributed by atoms with Gasteiger partial charge in [-0.25, -0.2) is 4.98 Å². The summed E-state index contributed by atoms with van der Waals surface area (Å²) in [5, 5.41) is 9.75. The predicted molar refractivity (Wildman–Crippen MR) is 59.3 cm³/mol. The summed E-state index contributed by atoms with van der Waals surface area (Å²) in [6.45, 7) is 2.15. The Balaban J connectivity index is 1.78. The van der Waals surface area contributed by atoms with Crippen molar-refractivity contribution in [1.82, 2.24) is 10.3 Å². The first-order valence-corrected chi connectivity index (χ1v) is 6.10. The van der Waals surface area contributed by atoms with E-state index in [4.69, 9.17) is 0 Å². The highest BCUT2D eigenvalue weighted by atomic mass is 79.9. The Hall–Kier alpha value is -0.130. The lowest BCUT2D eigenvalue weighted by atomic mass is 10.2. The van der Waals surface area contributed by atoms with Gasteiger partial charge in [-0.2, -0.15) is 0 Å². The van der Waals surface area contributed by atoms with E-state index >= 15 is 0 Å². The lowest BCUT2D eigenvalue weighted by Crippen LogP contribution is -2.29. The minimum Gasteiger partial charge on any atom is -0.360 e. The Bertz CT molecular complexity index is 270. The first kappa shape index (κ1) is 9.43. The molecule has 2 rings (SSSR count). The number of thiazole rings is 1. The van der Waals surface area contributed by atoms with Crippen LogP contribution in [0, 0.1) is 0 Å². The Morgan fingerprint density at radius 1 is 1.77 bits per heavy atom. The number of hydrogen-bond donors (Lipinski definition) is 2. The summed E-state index contributed by atoms with van der Waals surface area (Å²) in [4.78, 5) is 4.27. The summed E-state index contributed by atoms with van der Waals surface area (Å²) in [5.74, 6) is 0. The second-order valence-corrected chi connectivity index (χ2v) is 4.82. The van der Waals surface area contributed by atoms with Crippen LogP contribution in [0.4, 0.5) is 5.13 Å². The van der Waals surface area contributed by atoms with Gasteiger partial charge in [-0.05, 0) is 35.3 Å². The van der Waals surface area contributed by atoms with Crippen LogP contribution in [0.5, 0.6) is 0 Å². The van der Waals surface area contributed by atoms with Crippen molar-refractivity contribution in [2.45, 2.75) is 18.9 Å². The van der Waals surface area contributed by atoms with Crippen molar-refractivity contribution in [3.63, 3.8) is 0 Å². The highest BCUT2D eigenvalue weighted by molar-refractivity contribution is 9.10. The normalized spacial score (nSPS) is 22.1. The van der Waals surface area contributed by atoms with E-state index < -0.39 is 0 Å². The summed E-state index contributed by atoms with van der Waals surface area (Å²) in [6, 6.07) is 0.627. The molecule has 1 fully saturated rings. The highest BCUT2D eigenvalue weighted by Gasteiger charge is 2.13. The summed E-state index contributed by atoms with van der Waals surface area (Å²) >= 11 is 4.97. The van der Waals surface area contributed by atoms with E-state index in [1.807, 2.05) is 5.38 Å². The van der Waals surface area contributed by atoms with Crippen LogP contribution in [0.3, 0.4) is 0 Å². The molecule has 1 aliphatic heterocycles. The molecule has 2 heterocycles. The largest absolute Gasteiger partial charge is 0.360 e. The van der Waals surface area contributed by atoms with Gasteiger partial charge in [-0.3, -0.25) is 0 Å². The first-order chi connectivity index (χ1) is 6.34. The molecule has 1 saturated heterocycles. The monoisotopic (exact) mass is 261 g/mol. The van der Waals surface area contributed by atoms with Crippen molar-refractivity contribution in [3.8, 4) is 0 Å². The molecule has 13 heavy (non-hydrogen) atoms. The number of anilines is 1. The van der Waals surface area contributed by atoms with E-state index in [-0.39, 0.29) is 0 Å². The molecule has 1 atom stereocenters. The smallest absolute Gasteiger partial charge is 0.183 e. The lowest BCUT2D eigenvalue weighted by Gasteiger charge is -2.09. The molecule has 0 aliphatic carbocycles. The van der Waals surface area contributed by atoms with Crippen LogP contribution < -0.4 is 10.6 Å². The van der Waals surface area contributed by atoms with E-state index in [9.17, 15) is 0 Å². The van der Waals surface area contributed by atoms with E-state index in [1.54, 1.807) is 11.3 Å². The molecule has 0 spiro atoms. The molecule has 1 aromatic heterocycles. The van der Waals surface area contributed by atoms with Crippen LogP contribution >= 0.6 is 27.3 Å². The van der Waals surface area contributed by atoms with Gasteiger partial charge < -0.3 is 10.6 Å². The van der Waals surface area contributed by atoms with Crippen molar-refractivity contribution < 1.29 is 0 Å². The second kappa shape index (κ2) is 4.39. The first-order valence-electron chi connectivity index (χ1n) is 4.43. The zero-order chi connectivity index (χ0) is 9.10. The molecule has 3 nitrogen and oxygen atoms in total. The fraction of sp³-hybridized carbons (Fsp3) is 0.625. The fourth-order valence-corrected chi connectivity index (χ4v) is 2.63. The molecule has 0 bridgehead atoms.